The number of thioether (sulfide) groups is 2. The molecule has 7 nitrogen and oxygen atoms in total. The number of hydrogen-bond acceptors (Lipinski definition) is 8. The number of esters is 1. The molecule has 1 heterocycles. The number of imide groups is 1. The summed E-state index contributed by atoms with van der Waals surface area (Å²) in [5.41, 5.74) is 1.18. The maximum atomic E-state index is 12.4. The molecule has 1 aromatic rings. The van der Waals surface area contributed by atoms with E-state index in [0.29, 0.717) is 11.3 Å². The van der Waals surface area contributed by atoms with Gasteiger partial charge in [-0.3, -0.25) is 15.1 Å². The van der Waals surface area contributed by atoms with Gasteiger partial charge in [0, 0.05) is 11.5 Å². The lowest BCUT2D eigenvalue weighted by Crippen LogP contribution is -2.39. The number of rotatable bonds is 5. The monoisotopic (exact) mass is 382 g/mol. The van der Waals surface area contributed by atoms with Crippen LogP contribution < -0.4 is 5.32 Å². The second-order valence-electron chi connectivity index (χ2n) is 4.97. The average molecular weight is 382 g/mol. The number of nitrogens with one attached hydrogen (secondary N) is 1. The van der Waals surface area contributed by atoms with Crippen molar-refractivity contribution in [1.29, 1.82) is 0 Å². The fourth-order valence-corrected chi connectivity index (χ4v) is 3.93. The summed E-state index contributed by atoms with van der Waals surface area (Å²) in [5, 5.41) is 1.96. The summed E-state index contributed by atoms with van der Waals surface area (Å²) >= 11 is 3.27. The number of aliphatic imine (C=N–C) groups is 1. The SMILES string of the molecule is COC(=O)NC(=O)[C@@H](C)OC(=O)c1ccccc1CSC1=NCCS1. The Morgan fingerprint density at radius 2 is 2.12 bits per heavy atom. The van der Waals surface area contributed by atoms with Crippen molar-refractivity contribution in [3.8, 4) is 0 Å². The van der Waals surface area contributed by atoms with E-state index in [2.05, 4.69) is 9.73 Å². The van der Waals surface area contributed by atoms with Crippen LogP contribution in [0.25, 0.3) is 0 Å². The number of carbonyl (C=O) groups is 3. The van der Waals surface area contributed by atoms with E-state index in [-0.39, 0.29) is 0 Å². The van der Waals surface area contributed by atoms with Gasteiger partial charge in [-0.25, -0.2) is 9.59 Å². The van der Waals surface area contributed by atoms with Gasteiger partial charge in [-0.05, 0) is 18.6 Å². The number of nitrogens with zero attached hydrogens (tertiary/aromatic N) is 1. The number of carbonyl (C=O) groups excluding carboxylic acids is 3. The molecule has 1 aromatic carbocycles. The molecular formula is C16H18N2O5S2. The van der Waals surface area contributed by atoms with Crippen LogP contribution in [0.15, 0.2) is 29.3 Å². The normalized spacial score (nSPS) is 14.4. The van der Waals surface area contributed by atoms with Crippen molar-refractivity contribution < 1.29 is 23.9 Å². The highest BCUT2D eigenvalue weighted by atomic mass is 32.2. The molecule has 0 saturated heterocycles. The molecule has 0 fully saturated rings. The number of amides is 2. The lowest BCUT2D eigenvalue weighted by atomic mass is 10.1. The Kier molecular flexibility index (Phi) is 7.32. The Bertz CT molecular complexity index is 693. The topological polar surface area (TPSA) is 94.1 Å². The van der Waals surface area contributed by atoms with E-state index in [0.717, 1.165) is 29.3 Å². The Hall–Kier alpha value is -2.00. The maximum absolute atomic E-state index is 12.4. The van der Waals surface area contributed by atoms with E-state index in [1.165, 1.54) is 6.92 Å². The van der Waals surface area contributed by atoms with E-state index < -0.39 is 24.1 Å². The summed E-state index contributed by atoms with van der Waals surface area (Å²) in [6.45, 7) is 2.21. The first-order valence-corrected chi connectivity index (χ1v) is 9.46. The summed E-state index contributed by atoms with van der Waals surface area (Å²) in [6, 6.07) is 7.05. The number of hydrogen-bond donors (Lipinski definition) is 1. The molecule has 0 aliphatic carbocycles. The first-order chi connectivity index (χ1) is 12.0. The summed E-state index contributed by atoms with van der Waals surface area (Å²) in [4.78, 5) is 39.5. The van der Waals surface area contributed by atoms with Crippen LogP contribution in [0.5, 0.6) is 0 Å². The highest BCUT2D eigenvalue weighted by Crippen LogP contribution is 2.26. The van der Waals surface area contributed by atoms with Crippen LogP contribution in [0.1, 0.15) is 22.8 Å². The molecule has 2 rings (SSSR count). The highest BCUT2D eigenvalue weighted by Gasteiger charge is 2.22. The van der Waals surface area contributed by atoms with Gasteiger partial charge in [0.25, 0.3) is 5.91 Å². The van der Waals surface area contributed by atoms with Gasteiger partial charge in [0.1, 0.15) is 4.38 Å². The van der Waals surface area contributed by atoms with Gasteiger partial charge < -0.3 is 9.47 Å². The molecule has 1 aliphatic rings. The minimum absolute atomic E-state index is 0.385. The summed E-state index contributed by atoms with van der Waals surface area (Å²) in [7, 11) is 1.14. The number of methoxy groups -OCH3 is 1. The minimum atomic E-state index is -1.12. The Labute approximate surface area is 153 Å². The van der Waals surface area contributed by atoms with Gasteiger partial charge >= 0.3 is 12.1 Å². The van der Waals surface area contributed by atoms with Gasteiger partial charge in [-0.15, -0.1) is 0 Å². The largest absolute Gasteiger partial charge is 0.453 e. The zero-order chi connectivity index (χ0) is 18.2. The fraction of sp³-hybridized carbons (Fsp3) is 0.375. The molecule has 1 atom stereocenters. The molecule has 9 heteroatoms. The van der Waals surface area contributed by atoms with E-state index in [4.69, 9.17) is 4.74 Å². The van der Waals surface area contributed by atoms with Gasteiger partial charge in [0.05, 0.1) is 19.2 Å². The van der Waals surface area contributed by atoms with E-state index >= 15 is 0 Å². The number of benzene rings is 1. The molecule has 1 aliphatic heterocycles. The zero-order valence-corrected chi connectivity index (χ0v) is 15.4. The van der Waals surface area contributed by atoms with Gasteiger partial charge in [0.2, 0.25) is 0 Å². The van der Waals surface area contributed by atoms with E-state index in [1.807, 2.05) is 17.4 Å². The molecule has 0 saturated carbocycles. The maximum Gasteiger partial charge on any atom is 0.413 e. The Morgan fingerprint density at radius 3 is 2.80 bits per heavy atom. The van der Waals surface area contributed by atoms with Crippen molar-refractivity contribution in [2.24, 2.45) is 4.99 Å². The van der Waals surface area contributed by atoms with Crippen LogP contribution >= 0.6 is 23.5 Å². The van der Waals surface area contributed by atoms with Crippen LogP contribution in [0.3, 0.4) is 0 Å². The first kappa shape index (κ1) is 19.3. The fourth-order valence-electron chi connectivity index (χ4n) is 1.92. The minimum Gasteiger partial charge on any atom is -0.453 e. The second kappa shape index (κ2) is 9.47. The zero-order valence-electron chi connectivity index (χ0n) is 13.8. The van der Waals surface area contributed by atoms with E-state index in [1.54, 1.807) is 35.7 Å². The van der Waals surface area contributed by atoms with Crippen molar-refractivity contribution >= 4 is 45.9 Å². The lowest BCUT2D eigenvalue weighted by molar-refractivity contribution is -0.128. The van der Waals surface area contributed by atoms with Gasteiger partial charge in [-0.1, -0.05) is 41.7 Å². The molecule has 134 valence electrons. The summed E-state index contributed by atoms with van der Waals surface area (Å²) in [6.07, 6.45) is -2.03. The van der Waals surface area contributed by atoms with Crippen LogP contribution in [-0.2, 0) is 20.0 Å². The van der Waals surface area contributed by atoms with Crippen molar-refractivity contribution in [1.82, 2.24) is 5.32 Å². The molecule has 0 aromatic heterocycles. The summed E-state index contributed by atoms with van der Waals surface area (Å²) < 4.78 is 10.5. The third-order valence-corrected chi connectivity index (χ3v) is 5.51. The summed E-state index contributed by atoms with van der Waals surface area (Å²) in [5.74, 6) is 0.201. The Balaban J connectivity index is 1.98. The van der Waals surface area contributed by atoms with Crippen molar-refractivity contribution in [3.63, 3.8) is 0 Å². The quantitative estimate of drug-likeness (QED) is 0.782. The average Bonchev–Trinajstić information content (AvgIpc) is 3.13. The van der Waals surface area contributed by atoms with Crippen LogP contribution in [0, 0.1) is 0 Å². The lowest BCUT2D eigenvalue weighted by Gasteiger charge is -2.14. The number of ether oxygens (including phenoxy) is 2. The second-order valence-corrected chi connectivity index (χ2v) is 7.28. The van der Waals surface area contributed by atoms with Crippen molar-refractivity contribution in [2.75, 3.05) is 19.4 Å². The predicted molar refractivity (Wildman–Crippen MR) is 97.9 cm³/mol. The van der Waals surface area contributed by atoms with Gasteiger partial charge in [-0.2, -0.15) is 0 Å². The van der Waals surface area contributed by atoms with Crippen LogP contribution in [-0.4, -0.2) is 47.9 Å². The molecule has 2 amide bonds. The number of alkyl carbamates (subject to hydrolysis) is 1. The molecule has 0 bridgehead atoms. The molecule has 1 N–H and O–H groups in total. The standard InChI is InChI=1S/C16H18N2O5S2/c1-10(13(19)18-15(21)22-2)23-14(20)12-6-4-3-5-11(12)9-25-16-17-7-8-24-16/h3-6,10H,7-9H2,1-2H3,(H,18,19,21)/t10-/m1/s1. The van der Waals surface area contributed by atoms with Gasteiger partial charge in [0.15, 0.2) is 6.10 Å². The highest BCUT2D eigenvalue weighted by molar-refractivity contribution is 8.38. The third kappa shape index (κ3) is 5.79. The molecular weight excluding hydrogens is 364 g/mol. The Morgan fingerprint density at radius 1 is 1.36 bits per heavy atom. The van der Waals surface area contributed by atoms with Crippen LogP contribution in [0.2, 0.25) is 0 Å². The van der Waals surface area contributed by atoms with Crippen LogP contribution in [0.4, 0.5) is 4.79 Å². The first-order valence-electron chi connectivity index (χ1n) is 7.49. The molecule has 0 radical (unpaired) electrons. The third-order valence-electron chi connectivity index (χ3n) is 3.21. The molecule has 0 unspecified atom stereocenters. The molecule has 25 heavy (non-hydrogen) atoms. The van der Waals surface area contributed by atoms with Crippen molar-refractivity contribution in [3.05, 3.63) is 35.4 Å². The molecule has 0 spiro atoms. The van der Waals surface area contributed by atoms with E-state index in [9.17, 15) is 14.4 Å². The van der Waals surface area contributed by atoms with Crippen molar-refractivity contribution in [2.45, 2.75) is 18.8 Å². The smallest absolute Gasteiger partial charge is 0.413 e. The predicted octanol–water partition coefficient (Wildman–Crippen LogP) is 2.45.